The second-order valence-electron chi connectivity index (χ2n) is 6.32. The maximum absolute atomic E-state index is 5.93. The topological polar surface area (TPSA) is 60.2 Å². The third kappa shape index (κ3) is 4.20. The molecule has 1 aromatic rings. The van der Waals surface area contributed by atoms with E-state index in [0.29, 0.717) is 17.6 Å². The normalized spacial score (nSPS) is 22.8. The van der Waals surface area contributed by atoms with Crippen LogP contribution in [-0.4, -0.2) is 28.1 Å². The molecule has 1 saturated carbocycles. The highest BCUT2D eigenvalue weighted by molar-refractivity contribution is 7.99. The zero-order valence-electron chi connectivity index (χ0n) is 12.8. The zero-order valence-corrected chi connectivity index (χ0v) is 13.6. The summed E-state index contributed by atoms with van der Waals surface area (Å²) >= 11 is 1.96. The van der Waals surface area contributed by atoms with Crippen LogP contribution < -0.4 is 15.8 Å². The highest BCUT2D eigenvalue weighted by Gasteiger charge is 2.24. The Balaban J connectivity index is 2.04. The number of nitrogens with one attached hydrogen (secondary N) is 1. The van der Waals surface area contributed by atoms with E-state index in [1.54, 1.807) is 0 Å². The minimum Gasteiger partial charge on any atom is -0.470 e. The van der Waals surface area contributed by atoms with Gasteiger partial charge in [0.05, 0.1) is 5.69 Å². The van der Waals surface area contributed by atoms with E-state index in [0.717, 1.165) is 11.1 Å². The number of thioether (sulfide) groups is 1. The quantitative estimate of drug-likeness (QED) is 0.889. The number of hydrogen-bond donors (Lipinski definition) is 2. The lowest BCUT2D eigenvalue weighted by Crippen LogP contribution is -2.24. The lowest BCUT2D eigenvalue weighted by Gasteiger charge is -2.22. The van der Waals surface area contributed by atoms with Gasteiger partial charge in [0.15, 0.2) is 0 Å². The summed E-state index contributed by atoms with van der Waals surface area (Å²) in [7, 11) is 0. The molecule has 0 radical (unpaired) electrons. The van der Waals surface area contributed by atoms with Crippen molar-refractivity contribution in [2.24, 2.45) is 0 Å². The molecule has 0 aliphatic heterocycles. The van der Waals surface area contributed by atoms with Crippen LogP contribution in [0.15, 0.2) is 12.1 Å². The molecule has 1 aliphatic carbocycles. The molecule has 2 unspecified atom stereocenters. The molecule has 0 amide bonds. The van der Waals surface area contributed by atoms with Crippen LogP contribution in [0, 0.1) is 0 Å². The van der Waals surface area contributed by atoms with Gasteiger partial charge in [-0.3, -0.25) is 0 Å². The molecular weight excluding hydrogens is 270 g/mol. The molecule has 3 N–H and O–H groups in total. The van der Waals surface area contributed by atoms with Crippen molar-refractivity contribution in [3.63, 3.8) is 0 Å². The van der Waals surface area contributed by atoms with Crippen molar-refractivity contribution in [2.45, 2.75) is 56.9 Å². The Kier molecular flexibility index (Phi) is 4.68. The van der Waals surface area contributed by atoms with Crippen LogP contribution in [0.25, 0.3) is 0 Å². The van der Waals surface area contributed by atoms with Gasteiger partial charge in [-0.15, -0.1) is 0 Å². The number of rotatable bonds is 4. The minimum atomic E-state index is -0.295. The minimum absolute atomic E-state index is 0.295. The van der Waals surface area contributed by atoms with Gasteiger partial charge in [0, 0.05) is 11.3 Å². The van der Waals surface area contributed by atoms with Crippen LogP contribution in [0.3, 0.4) is 0 Å². The lowest BCUT2D eigenvalue weighted by atomic mass is 10.2. The first-order valence-corrected chi connectivity index (χ1v) is 8.41. The van der Waals surface area contributed by atoms with E-state index >= 15 is 0 Å². The smallest absolute Gasteiger partial charge is 0.239 e. The fourth-order valence-corrected chi connectivity index (χ4v) is 3.19. The second-order valence-corrected chi connectivity index (χ2v) is 7.46. The lowest BCUT2D eigenvalue weighted by molar-refractivity contribution is 0.125. The Hall–Kier alpha value is -1.10. The van der Waals surface area contributed by atoms with Crippen molar-refractivity contribution >= 4 is 23.3 Å². The number of nitrogen functional groups attached to an aromatic ring is 1. The molecule has 4 nitrogen and oxygen atoms in total. The van der Waals surface area contributed by atoms with E-state index in [4.69, 9.17) is 10.5 Å². The molecule has 0 saturated heterocycles. The Labute approximate surface area is 125 Å². The van der Waals surface area contributed by atoms with Crippen molar-refractivity contribution in [1.82, 2.24) is 4.98 Å². The predicted octanol–water partition coefficient (Wildman–Crippen LogP) is 3.54. The van der Waals surface area contributed by atoms with Crippen LogP contribution in [0.4, 0.5) is 11.5 Å². The Bertz CT molecular complexity index is 459. The number of anilines is 2. The van der Waals surface area contributed by atoms with Gasteiger partial charge in [0.2, 0.25) is 5.88 Å². The van der Waals surface area contributed by atoms with E-state index in [-0.39, 0.29) is 5.60 Å². The predicted molar refractivity (Wildman–Crippen MR) is 87.6 cm³/mol. The number of pyridine rings is 1. The molecule has 2 rings (SSSR count). The van der Waals surface area contributed by atoms with Crippen molar-refractivity contribution in [3.05, 3.63) is 12.1 Å². The summed E-state index contributed by atoms with van der Waals surface area (Å²) in [6.07, 6.45) is 5.86. The summed E-state index contributed by atoms with van der Waals surface area (Å²) in [6, 6.07) is 4.29. The number of nitrogens with two attached hydrogens (primary N) is 1. The van der Waals surface area contributed by atoms with Gasteiger partial charge in [-0.25, -0.2) is 0 Å². The zero-order chi connectivity index (χ0) is 14.8. The SMILES string of the molecule is CSC1CCC(Nc2ccc(N)c(OC(C)(C)C)n2)C1. The standard InChI is InChI=1S/C15H25N3OS/c1-15(2,3)19-14-12(16)7-8-13(18-14)17-10-5-6-11(9-10)20-4/h7-8,10-11H,5-6,9,16H2,1-4H3,(H,17,18). The highest BCUT2D eigenvalue weighted by atomic mass is 32.2. The van der Waals surface area contributed by atoms with Gasteiger partial charge >= 0.3 is 0 Å². The molecule has 5 heteroatoms. The van der Waals surface area contributed by atoms with Gasteiger partial charge in [0.1, 0.15) is 11.4 Å². The van der Waals surface area contributed by atoms with Gasteiger partial charge < -0.3 is 15.8 Å². The highest BCUT2D eigenvalue weighted by Crippen LogP contribution is 2.31. The van der Waals surface area contributed by atoms with Crippen molar-refractivity contribution in [2.75, 3.05) is 17.3 Å². The van der Waals surface area contributed by atoms with E-state index < -0.39 is 0 Å². The average Bonchev–Trinajstić information content (AvgIpc) is 2.79. The van der Waals surface area contributed by atoms with Crippen LogP contribution in [0.2, 0.25) is 0 Å². The molecule has 1 aromatic heterocycles. The fraction of sp³-hybridized carbons (Fsp3) is 0.667. The fourth-order valence-electron chi connectivity index (χ4n) is 2.40. The van der Waals surface area contributed by atoms with E-state index in [9.17, 15) is 0 Å². The molecule has 20 heavy (non-hydrogen) atoms. The van der Waals surface area contributed by atoms with Crippen molar-refractivity contribution in [3.8, 4) is 5.88 Å². The molecule has 2 atom stereocenters. The molecule has 112 valence electrons. The maximum Gasteiger partial charge on any atom is 0.239 e. The van der Waals surface area contributed by atoms with Gasteiger partial charge in [0.25, 0.3) is 0 Å². The number of aromatic nitrogens is 1. The first-order valence-electron chi connectivity index (χ1n) is 7.12. The Morgan fingerprint density at radius 3 is 2.70 bits per heavy atom. The summed E-state index contributed by atoms with van der Waals surface area (Å²) in [4.78, 5) is 4.51. The summed E-state index contributed by atoms with van der Waals surface area (Å²) in [5.41, 5.74) is 6.22. The second kappa shape index (κ2) is 6.12. The van der Waals surface area contributed by atoms with E-state index in [1.807, 2.05) is 44.7 Å². The number of hydrogen-bond acceptors (Lipinski definition) is 5. The van der Waals surface area contributed by atoms with Gasteiger partial charge in [-0.05, 0) is 58.4 Å². The molecule has 0 spiro atoms. The first-order chi connectivity index (χ1) is 9.37. The summed E-state index contributed by atoms with van der Waals surface area (Å²) < 4.78 is 5.80. The molecule has 1 heterocycles. The van der Waals surface area contributed by atoms with E-state index in [1.165, 1.54) is 19.3 Å². The monoisotopic (exact) mass is 295 g/mol. The summed E-state index contributed by atoms with van der Waals surface area (Å²) in [6.45, 7) is 5.98. The van der Waals surface area contributed by atoms with Crippen molar-refractivity contribution < 1.29 is 4.74 Å². The van der Waals surface area contributed by atoms with Crippen LogP contribution in [-0.2, 0) is 0 Å². The number of ether oxygens (including phenoxy) is 1. The summed E-state index contributed by atoms with van der Waals surface area (Å²) in [5, 5.41) is 4.27. The van der Waals surface area contributed by atoms with Crippen LogP contribution in [0.1, 0.15) is 40.0 Å². The summed E-state index contributed by atoms with van der Waals surface area (Å²) in [5.74, 6) is 1.37. The van der Waals surface area contributed by atoms with Crippen LogP contribution >= 0.6 is 11.8 Å². The Morgan fingerprint density at radius 1 is 1.35 bits per heavy atom. The van der Waals surface area contributed by atoms with Gasteiger partial charge in [-0.2, -0.15) is 16.7 Å². The van der Waals surface area contributed by atoms with Crippen LogP contribution in [0.5, 0.6) is 5.88 Å². The molecule has 0 bridgehead atoms. The molecular formula is C15H25N3OS. The molecule has 1 aliphatic rings. The van der Waals surface area contributed by atoms with E-state index in [2.05, 4.69) is 16.6 Å². The maximum atomic E-state index is 5.93. The molecule has 1 fully saturated rings. The third-order valence-electron chi connectivity index (χ3n) is 3.36. The number of nitrogens with zero attached hydrogens (tertiary/aromatic N) is 1. The average molecular weight is 295 g/mol. The largest absolute Gasteiger partial charge is 0.470 e. The van der Waals surface area contributed by atoms with Gasteiger partial charge in [-0.1, -0.05) is 0 Å². The third-order valence-corrected chi connectivity index (χ3v) is 4.46. The van der Waals surface area contributed by atoms with Crippen molar-refractivity contribution in [1.29, 1.82) is 0 Å². The Morgan fingerprint density at radius 2 is 2.10 bits per heavy atom. The molecule has 0 aromatic carbocycles. The first kappa shape index (κ1) is 15.3.